The first-order valence-corrected chi connectivity index (χ1v) is 8.94. The van der Waals surface area contributed by atoms with Gasteiger partial charge in [-0.05, 0) is 35.6 Å². The van der Waals surface area contributed by atoms with Gasteiger partial charge in [0.15, 0.2) is 0 Å². The van der Waals surface area contributed by atoms with E-state index in [0.29, 0.717) is 15.7 Å². The van der Waals surface area contributed by atoms with Crippen LogP contribution in [0.4, 0.5) is 5.69 Å². The first kappa shape index (κ1) is 16.3. The molecule has 1 heterocycles. The van der Waals surface area contributed by atoms with E-state index in [4.69, 9.17) is 23.2 Å². The zero-order valence-corrected chi connectivity index (χ0v) is 14.9. The van der Waals surface area contributed by atoms with Crippen LogP contribution in [-0.4, -0.2) is 5.91 Å². The summed E-state index contributed by atoms with van der Waals surface area (Å²) in [5.41, 5.74) is 1.55. The van der Waals surface area contributed by atoms with Gasteiger partial charge in [0.2, 0.25) is 0 Å². The van der Waals surface area contributed by atoms with E-state index < -0.39 is 0 Å². The highest BCUT2D eigenvalue weighted by molar-refractivity contribution is 7.21. The van der Waals surface area contributed by atoms with E-state index in [-0.39, 0.29) is 5.91 Å². The Kier molecular flexibility index (Phi) is 4.90. The minimum absolute atomic E-state index is 0.162. The Balaban J connectivity index is 2.02. The molecule has 3 aromatic rings. The van der Waals surface area contributed by atoms with Gasteiger partial charge in [0.05, 0.1) is 20.6 Å². The van der Waals surface area contributed by atoms with E-state index in [1.54, 1.807) is 18.2 Å². The smallest absolute Gasteiger partial charge is 0.266 e. The van der Waals surface area contributed by atoms with Gasteiger partial charge < -0.3 is 5.32 Å². The number of carbonyl (C=O) groups is 1. The predicted octanol–water partition coefficient (Wildman–Crippen LogP) is 6.41. The molecule has 1 aromatic heterocycles. The third-order valence-corrected chi connectivity index (χ3v) is 5.45. The monoisotopic (exact) mass is 363 g/mol. The number of hydrogen-bond acceptors (Lipinski definition) is 2. The summed E-state index contributed by atoms with van der Waals surface area (Å²) < 4.78 is 1.12. The summed E-state index contributed by atoms with van der Waals surface area (Å²) in [6, 6.07) is 13.3. The molecule has 0 atom stereocenters. The third-order valence-electron chi connectivity index (χ3n) is 3.61. The number of fused-ring (bicyclic) bond motifs is 1. The standard InChI is InChI=1S/C18H15Cl2NOS/c1-2-6-12-11-7-3-4-10-15(11)23-17(12)18(22)21-16-13(19)8-5-9-14(16)20/h3-5,7-10H,2,6H2,1H3,(H,21,22). The number of hydrogen-bond donors (Lipinski definition) is 1. The molecular weight excluding hydrogens is 349 g/mol. The largest absolute Gasteiger partial charge is 0.319 e. The molecule has 0 aliphatic carbocycles. The number of halogens is 2. The molecule has 0 bridgehead atoms. The Morgan fingerprint density at radius 1 is 1.09 bits per heavy atom. The fraction of sp³-hybridized carbons (Fsp3) is 0.167. The second-order valence-electron chi connectivity index (χ2n) is 5.21. The van der Waals surface area contributed by atoms with Crippen molar-refractivity contribution in [3.8, 4) is 0 Å². The van der Waals surface area contributed by atoms with Crippen LogP contribution in [0.3, 0.4) is 0 Å². The lowest BCUT2D eigenvalue weighted by Gasteiger charge is -2.09. The number of amides is 1. The van der Waals surface area contributed by atoms with Crippen LogP contribution in [0.2, 0.25) is 10.0 Å². The lowest BCUT2D eigenvalue weighted by molar-refractivity contribution is 0.103. The molecule has 0 unspecified atom stereocenters. The van der Waals surface area contributed by atoms with Crippen LogP contribution >= 0.6 is 34.5 Å². The van der Waals surface area contributed by atoms with Gasteiger partial charge in [-0.3, -0.25) is 4.79 Å². The molecule has 1 amide bonds. The van der Waals surface area contributed by atoms with Crippen molar-refractivity contribution in [3.05, 3.63) is 63.0 Å². The highest BCUT2D eigenvalue weighted by Crippen LogP contribution is 2.35. The molecule has 118 valence electrons. The molecule has 0 saturated carbocycles. The van der Waals surface area contributed by atoms with Crippen molar-refractivity contribution < 1.29 is 4.79 Å². The van der Waals surface area contributed by atoms with E-state index in [0.717, 1.165) is 33.4 Å². The maximum atomic E-state index is 12.8. The van der Waals surface area contributed by atoms with Crippen molar-refractivity contribution in [1.29, 1.82) is 0 Å². The molecule has 3 rings (SSSR count). The van der Waals surface area contributed by atoms with Gasteiger partial charge in [-0.1, -0.05) is 60.8 Å². The van der Waals surface area contributed by atoms with Crippen LogP contribution in [0.1, 0.15) is 28.6 Å². The maximum absolute atomic E-state index is 12.8. The van der Waals surface area contributed by atoms with Crippen LogP contribution in [0.15, 0.2) is 42.5 Å². The van der Waals surface area contributed by atoms with Gasteiger partial charge in [0.1, 0.15) is 0 Å². The zero-order chi connectivity index (χ0) is 16.4. The molecule has 23 heavy (non-hydrogen) atoms. The van der Waals surface area contributed by atoms with Gasteiger partial charge >= 0.3 is 0 Å². The first-order chi connectivity index (χ1) is 11.1. The lowest BCUT2D eigenvalue weighted by atomic mass is 10.1. The van der Waals surface area contributed by atoms with E-state index in [1.165, 1.54) is 11.3 Å². The number of benzene rings is 2. The fourth-order valence-corrected chi connectivity index (χ4v) is 4.21. The SMILES string of the molecule is CCCc1c(C(=O)Nc2c(Cl)cccc2Cl)sc2ccccc12. The van der Waals surface area contributed by atoms with E-state index in [9.17, 15) is 4.79 Å². The maximum Gasteiger partial charge on any atom is 0.266 e. The number of para-hydroxylation sites is 1. The van der Waals surface area contributed by atoms with Crippen LogP contribution in [0.5, 0.6) is 0 Å². The average Bonchev–Trinajstić information content (AvgIpc) is 2.90. The third kappa shape index (κ3) is 3.23. The van der Waals surface area contributed by atoms with Crippen LogP contribution in [0, 0.1) is 0 Å². The molecule has 0 fully saturated rings. The normalized spacial score (nSPS) is 10.9. The highest BCUT2D eigenvalue weighted by Gasteiger charge is 2.19. The molecule has 0 aliphatic heterocycles. The van der Waals surface area contributed by atoms with Crippen LogP contribution in [0.25, 0.3) is 10.1 Å². The Morgan fingerprint density at radius 3 is 2.48 bits per heavy atom. The molecule has 2 nitrogen and oxygen atoms in total. The van der Waals surface area contributed by atoms with E-state index >= 15 is 0 Å². The predicted molar refractivity (Wildman–Crippen MR) is 100 cm³/mol. The van der Waals surface area contributed by atoms with Gasteiger partial charge in [-0.25, -0.2) is 0 Å². The van der Waals surface area contributed by atoms with Crippen molar-refractivity contribution in [2.45, 2.75) is 19.8 Å². The second-order valence-corrected chi connectivity index (χ2v) is 7.07. The molecule has 0 aliphatic rings. The van der Waals surface area contributed by atoms with Crippen molar-refractivity contribution in [1.82, 2.24) is 0 Å². The summed E-state index contributed by atoms with van der Waals surface area (Å²) in [6.45, 7) is 2.11. The lowest BCUT2D eigenvalue weighted by Crippen LogP contribution is -2.13. The molecule has 0 radical (unpaired) electrons. The first-order valence-electron chi connectivity index (χ1n) is 7.37. The summed E-state index contributed by atoms with van der Waals surface area (Å²) in [6.07, 6.45) is 1.84. The van der Waals surface area contributed by atoms with Crippen LogP contribution in [-0.2, 0) is 6.42 Å². The van der Waals surface area contributed by atoms with Gasteiger partial charge in [0.25, 0.3) is 5.91 Å². The van der Waals surface area contributed by atoms with E-state index in [2.05, 4.69) is 18.3 Å². The van der Waals surface area contributed by atoms with Crippen LogP contribution < -0.4 is 5.32 Å². The molecular formula is C18H15Cl2NOS. The van der Waals surface area contributed by atoms with Crippen molar-refractivity contribution in [3.63, 3.8) is 0 Å². The zero-order valence-electron chi connectivity index (χ0n) is 12.5. The quantitative estimate of drug-likeness (QED) is 0.569. The van der Waals surface area contributed by atoms with E-state index in [1.807, 2.05) is 18.2 Å². The summed E-state index contributed by atoms with van der Waals surface area (Å²) in [7, 11) is 0. The summed E-state index contributed by atoms with van der Waals surface area (Å²) in [4.78, 5) is 13.5. The summed E-state index contributed by atoms with van der Waals surface area (Å²) in [5, 5.41) is 4.88. The molecule has 0 spiro atoms. The fourth-order valence-electron chi connectivity index (χ4n) is 2.57. The molecule has 0 saturated heterocycles. The van der Waals surface area contributed by atoms with Gasteiger partial charge in [-0.15, -0.1) is 11.3 Å². The molecule has 1 N–H and O–H groups in total. The number of carbonyl (C=O) groups excluding carboxylic acids is 1. The Hall–Kier alpha value is -1.55. The van der Waals surface area contributed by atoms with Crippen molar-refractivity contribution in [2.24, 2.45) is 0 Å². The summed E-state index contributed by atoms with van der Waals surface area (Å²) >= 11 is 13.8. The molecule has 2 aromatic carbocycles. The number of aryl methyl sites for hydroxylation is 1. The average molecular weight is 364 g/mol. The number of nitrogens with one attached hydrogen (secondary N) is 1. The number of anilines is 1. The number of thiophene rings is 1. The minimum Gasteiger partial charge on any atom is -0.319 e. The Bertz CT molecular complexity index is 852. The topological polar surface area (TPSA) is 29.1 Å². The Labute approximate surface area is 149 Å². The summed E-state index contributed by atoms with van der Waals surface area (Å²) in [5.74, 6) is -0.162. The highest BCUT2D eigenvalue weighted by atomic mass is 35.5. The number of rotatable bonds is 4. The minimum atomic E-state index is -0.162. The van der Waals surface area contributed by atoms with Gasteiger partial charge in [-0.2, -0.15) is 0 Å². The van der Waals surface area contributed by atoms with Crippen molar-refractivity contribution >= 4 is 56.2 Å². The van der Waals surface area contributed by atoms with Gasteiger partial charge in [0, 0.05) is 4.70 Å². The Morgan fingerprint density at radius 2 is 1.78 bits per heavy atom. The van der Waals surface area contributed by atoms with Crippen molar-refractivity contribution in [2.75, 3.05) is 5.32 Å². The molecule has 5 heteroatoms. The second kappa shape index (κ2) is 6.91.